The van der Waals surface area contributed by atoms with E-state index < -0.39 is 12.0 Å². The van der Waals surface area contributed by atoms with Gasteiger partial charge in [0.15, 0.2) is 0 Å². The summed E-state index contributed by atoms with van der Waals surface area (Å²) >= 11 is 0. The number of aliphatic hydroxyl groups is 1. The summed E-state index contributed by atoms with van der Waals surface area (Å²) < 4.78 is 0. The minimum Gasteiger partial charge on any atom is -0.383 e. The van der Waals surface area contributed by atoms with Crippen LogP contribution in [0.3, 0.4) is 0 Å². The SMILES string of the molecule is NC(=O)C(O)CCc1ccc(-c2ccccc2)cc1. The van der Waals surface area contributed by atoms with Gasteiger partial charge in [0.25, 0.3) is 0 Å². The number of nitrogens with two attached hydrogens (primary N) is 1. The van der Waals surface area contributed by atoms with Crippen LogP contribution in [0, 0.1) is 0 Å². The zero-order valence-corrected chi connectivity index (χ0v) is 10.6. The highest BCUT2D eigenvalue weighted by molar-refractivity contribution is 5.78. The fourth-order valence-corrected chi connectivity index (χ4v) is 1.94. The zero-order chi connectivity index (χ0) is 13.7. The van der Waals surface area contributed by atoms with E-state index in [2.05, 4.69) is 12.1 Å². The molecule has 3 nitrogen and oxygen atoms in total. The molecule has 19 heavy (non-hydrogen) atoms. The first-order valence-corrected chi connectivity index (χ1v) is 6.28. The fraction of sp³-hybridized carbons (Fsp3) is 0.188. The predicted octanol–water partition coefficient (Wildman–Crippen LogP) is 2.13. The molecular weight excluding hydrogens is 238 g/mol. The summed E-state index contributed by atoms with van der Waals surface area (Å²) in [4.78, 5) is 10.7. The van der Waals surface area contributed by atoms with Gasteiger partial charge in [0.2, 0.25) is 5.91 Å². The van der Waals surface area contributed by atoms with Gasteiger partial charge < -0.3 is 10.8 Å². The number of carbonyl (C=O) groups excluding carboxylic acids is 1. The van der Waals surface area contributed by atoms with E-state index in [1.807, 2.05) is 42.5 Å². The van der Waals surface area contributed by atoms with Crippen LogP contribution in [-0.4, -0.2) is 17.1 Å². The van der Waals surface area contributed by atoms with Gasteiger partial charge in [-0.1, -0.05) is 54.6 Å². The maximum Gasteiger partial charge on any atom is 0.246 e. The molecule has 2 rings (SSSR count). The highest BCUT2D eigenvalue weighted by Gasteiger charge is 2.10. The van der Waals surface area contributed by atoms with E-state index in [1.165, 1.54) is 5.56 Å². The lowest BCUT2D eigenvalue weighted by molar-refractivity contribution is -0.126. The molecule has 3 heteroatoms. The van der Waals surface area contributed by atoms with Crippen molar-refractivity contribution in [2.75, 3.05) is 0 Å². The van der Waals surface area contributed by atoms with E-state index in [9.17, 15) is 9.90 Å². The van der Waals surface area contributed by atoms with E-state index >= 15 is 0 Å². The number of primary amides is 1. The van der Waals surface area contributed by atoms with Gasteiger partial charge in [-0.15, -0.1) is 0 Å². The first-order valence-electron chi connectivity index (χ1n) is 6.28. The van der Waals surface area contributed by atoms with Gasteiger partial charge in [-0.2, -0.15) is 0 Å². The maximum absolute atomic E-state index is 10.7. The Balaban J connectivity index is 2.01. The number of aliphatic hydroxyl groups excluding tert-OH is 1. The van der Waals surface area contributed by atoms with E-state index in [-0.39, 0.29) is 0 Å². The number of aryl methyl sites for hydroxylation is 1. The van der Waals surface area contributed by atoms with Gasteiger partial charge in [-0.3, -0.25) is 4.79 Å². The molecule has 0 saturated heterocycles. The minimum atomic E-state index is -1.06. The van der Waals surface area contributed by atoms with Crippen LogP contribution in [0.5, 0.6) is 0 Å². The quantitative estimate of drug-likeness (QED) is 0.859. The van der Waals surface area contributed by atoms with Crippen LogP contribution < -0.4 is 5.73 Å². The number of hydrogen-bond donors (Lipinski definition) is 2. The van der Waals surface area contributed by atoms with Gasteiger partial charge in [0.1, 0.15) is 6.10 Å². The molecule has 3 N–H and O–H groups in total. The lowest BCUT2D eigenvalue weighted by atomic mass is 10.0. The van der Waals surface area contributed by atoms with E-state index in [1.54, 1.807) is 0 Å². The normalized spacial score (nSPS) is 12.1. The molecule has 0 aromatic heterocycles. The first-order chi connectivity index (χ1) is 9.16. The third-order valence-corrected chi connectivity index (χ3v) is 3.10. The Morgan fingerprint density at radius 3 is 2.16 bits per heavy atom. The van der Waals surface area contributed by atoms with Crippen molar-refractivity contribution >= 4 is 5.91 Å². The summed E-state index contributed by atoms with van der Waals surface area (Å²) in [5.74, 6) is -0.666. The van der Waals surface area contributed by atoms with Crippen molar-refractivity contribution in [2.45, 2.75) is 18.9 Å². The summed E-state index contributed by atoms with van der Waals surface area (Å²) in [7, 11) is 0. The van der Waals surface area contributed by atoms with Crippen molar-refractivity contribution in [2.24, 2.45) is 5.73 Å². The Morgan fingerprint density at radius 2 is 1.58 bits per heavy atom. The molecule has 0 fully saturated rings. The third-order valence-electron chi connectivity index (χ3n) is 3.10. The number of rotatable bonds is 5. The summed E-state index contributed by atoms with van der Waals surface area (Å²) in [6.07, 6.45) is -0.0621. The second-order valence-corrected chi connectivity index (χ2v) is 4.52. The molecule has 2 aromatic carbocycles. The van der Waals surface area contributed by atoms with Crippen LogP contribution in [0.2, 0.25) is 0 Å². The molecule has 0 spiro atoms. The smallest absolute Gasteiger partial charge is 0.246 e. The Kier molecular flexibility index (Phi) is 4.31. The molecule has 0 heterocycles. The third kappa shape index (κ3) is 3.66. The Bertz CT molecular complexity index is 534. The number of benzene rings is 2. The van der Waals surface area contributed by atoms with Gasteiger partial charge >= 0.3 is 0 Å². The molecule has 98 valence electrons. The van der Waals surface area contributed by atoms with Crippen LogP contribution >= 0.6 is 0 Å². The van der Waals surface area contributed by atoms with Crippen LogP contribution in [0.15, 0.2) is 54.6 Å². The molecule has 0 aliphatic heterocycles. The van der Waals surface area contributed by atoms with Crippen molar-refractivity contribution in [1.82, 2.24) is 0 Å². The molecule has 0 aliphatic rings. The van der Waals surface area contributed by atoms with Gasteiger partial charge in [0, 0.05) is 0 Å². The van der Waals surface area contributed by atoms with Crippen LogP contribution in [0.25, 0.3) is 11.1 Å². The summed E-state index contributed by atoms with van der Waals surface area (Å²) in [5.41, 5.74) is 8.42. The van der Waals surface area contributed by atoms with Crippen molar-refractivity contribution in [3.05, 3.63) is 60.2 Å². The summed E-state index contributed by atoms with van der Waals surface area (Å²) in [6.45, 7) is 0. The molecule has 0 radical (unpaired) electrons. The molecule has 1 atom stereocenters. The predicted molar refractivity (Wildman–Crippen MR) is 75.4 cm³/mol. The molecule has 2 aromatic rings. The molecule has 0 bridgehead atoms. The van der Waals surface area contributed by atoms with Gasteiger partial charge in [-0.05, 0) is 29.5 Å². The van der Waals surface area contributed by atoms with Crippen LogP contribution in [0.1, 0.15) is 12.0 Å². The average Bonchev–Trinajstić information content (AvgIpc) is 2.46. The van der Waals surface area contributed by atoms with Gasteiger partial charge in [-0.25, -0.2) is 0 Å². The van der Waals surface area contributed by atoms with E-state index in [4.69, 9.17) is 5.73 Å². The van der Waals surface area contributed by atoms with Gasteiger partial charge in [0.05, 0.1) is 0 Å². The van der Waals surface area contributed by atoms with E-state index in [0.29, 0.717) is 12.8 Å². The van der Waals surface area contributed by atoms with Crippen molar-refractivity contribution in [3.8, 4) is 11.1 Å². The molecular formula is C16H17NO2. The first kappa shape index (κ1) is 13.3. The van der Waals surface area contributed by atoms with Crippen LogP contribution in [0.4, 0.5) is 0 Å². The van der Waals surface area contributed by atoms with Crippen molar-refractivity contribution in [3.63, 3.8) is 0 Å². The molecule has 0 aliphatic carbocycles. The number of hydrogen-bond acceptors (Lipinski definition) is 2. The Morgan fingerprint density at radius 1 is 1.00 bits per heavy atom. The second-order valence-electron chi connectivity index (χ2n) is 4.52. The summed E-state index contributed by atoms with van der Waals surface area (Å²) in [5, 5.41) is 9.35. The van der Waals surface area contributed by atoms with Crippen molar-refractivity contribution in [1.29, 1.82) is 0 Å². The number of amides is 1. The standard InChI is InChI=1S/C16H17NO2/c17-16(19)15(18)11-8-12-6-9-14(10-7-12)13-4-2-1-3-5-13/h1-7,9-10,15,18H,8,11H2,(H2,17,19). The second kappa shape index (κ2) is 6.16. The van der Waals surface area contributed by atoms with E-state index in [0.717, 1.165) is 11.1 Å². The van der Waals surface area contributed by atoms with Crippen molar-refractivity contribution < 1.29 is 9.90 Å². The molecule has 1 unspecified atom stereocenters. The highest BCUT2D eigenvalue weighted by Crippen LogP contribution is 2.19. The lowest BCUT2D eigenvalue weighted by Gasteiger charge is -2.07. The summed E-state index contributed by atoms with van der Waals surface area (Å²) in [6, 6.07) is 18.2. The maximum atomic E-state index is 10.7. The minimum absolute atomic E-state index is 0.361. The number of carbonyl (C=O) groups is 1. The molecule has 1 amide bonds. The zero-order valence-electron chi connectivity index (χ0n) is 10.6. The average molecular weight is 255 g/mol. The highest BCUT2D eigenvalue weighted by atomic mass is 16.3. The molecule has 0 saturated carbocycles. The lowest BCUT2D eigenvalue weighted by Crippen LogP contribution is -2.28. The van der Waals surface area contributed by atoms with Crippen LogP contribution in [-0.2, 0) is 11.2 Å². The Labute approximate surface area is 112 Å². The monoisotopic (exact) mass is 255 g/mol. The fourth-order valence-electron chi connectivity index (χ4n) is 1.94. The Hall–Kier alpha value is -2.13. The topological polar surface area (TPSA) is 63.3 Å². The largest absolute Gasteiger partial charge is 0.383 e.